The van der Waals surface area contributed by atoms with Gasteiger partial charge in [-0.15, -0.1) is 0 Å². The second-order valence-electron chi connectivity index (χ2n) is 12.0. The first-order valence-corrected chi connectivity index (χ1v) is 12.8. The van der Waals surface area contributed by atoms with Crippen molar-refractivity contribution in [3.63, 3.8) is 0 Å². The molecule has 0 unspecified atom stereocenters. The Morgan fingerprint density at radius 1 is 1.11 bits per heavy atom. The van der Waals surface area contributed by atoms with Gasteiger partial charge < -0.3 is 20.7 Å². The van der Waals surface area contributed by atoms with E-state index in [1.807, 2.05) is 47.4 Å². The van der Waals surface area contributed by atoms with E-state index in [0.29, 0.717) is 24.9 Å². The lowest BCUT2D eigenvalue weighted by molar-refractivity contribution is -0.135. The SMILES string of the molecule is CC(C)(C)CN.CC(C)(C)CN1Cc2c(ccc3[nH]ncc23)C[C@@H](NC(=O)OCc2ccccc2)C1=O. The van der Waals surface area contributed by atoms with Crippen LogP contribution in [0.2, 0.25) is 0 Å². The fraction of sp³-hybridized carbons (Fsp3) is 0.483. The molecule has 0 fully saturated rings. The Kier molecular flexibility index (Phi) is 8.97. The van der Waals surface area contributed by atoms with E-state index in [9.17, 15) is 9.59 Å². The third kappa shape index (κ3) is 8.32. The summed E-state index contributed by atoms with van der Waals surface area (Å²) in [5.74, 6) is -0.0977. The van der Waals surface area contributed by atoms with Crippen LogP contribution in [0.3, 0.4) is 0 Å². The molecule has 2 amide bonds. The first-order valence-electron chi connectivity index (χ1n) is 12.8. The smallest absolute Gasteiger partial charge is 0.408 e. The number of carbonyl (C=O) groups is 2. The van der Waals surface area contributed by atoms with Crippen molar-refractivity contribution in [2.45, 2.75) is 67.2 Å². The van der Waals surface area contributed by atoms with Crippen LogP contribution in [-0.2, 0) is 29.1 Å². The molecule has 1 atom stereocenters. The van der Waals surface area contributed by atoms with Gasteiger partial charge in [0, 0.05) is 24.9 Å². The fourth-order valence-corrected chi connectivity index (χ4v) is 4.02. The Morgan fingerprint density at radius 3 is 2.41 bits per heavy atom. The summed E-state index contributed by atoms with van der Waals surface area (Å²) in [4.78, 5) is 27.7. The molecule has 0 bridgehead atoms. The van der Waals surface area contributed by atoms with Gasteiger partial charge in [-0.05, 0) is 40.1 Å². The van der Waals surface area contributed by atoms with Gasteiger partial charge in [-0.2, -0.15) is 5.10 Å². The van der Waals surface area contributed by atoms with Crippen LogP contribution in [0.4, 0.5) is 4.79 Å². The van der Waals surface area contributed by atoms with Crippen molar-refractivity contribution >= 4 is 22.9 Å². The number of amides is 2. The molecule has 4 rings (SSSR count). The van der Waals surface area contributed by atoms with Gasteiger partial charge in [0.05, 0.1) is 11.7 Å². The van der Waals surface area contributed by atoms with Crippen molar-refractivity contribution in [2.24, 2.45) is 16.6 Å². The lowest BCUT2D eigenvalue weighted by Crippen LogP contribution is -2.49. The monoisotopic (exact) mass is 507 g/mol. The number of nitrogens with two attached hydrogens (primary N) is 1. The number of carbonyl (C=O) groups excluding carboxylic acids is 2. The summed E-state index contributed by atoms with van der Waals surface area (Å²) in [6, 6.07) is 12.8. The summed E-state index contributed by atoms with van der Waals surface area (Å²) in [6.45, 7) is 14.6. The normalized spacial score (nSPS) is 15.9. The van der Waals surface area contributed by atoms with Crippen molar-refractivity contribution < 1.29 is 14.3 Å². The number of aromatic amines is 1. The van der Waals surface area contributed by atoms with Crippen molar-refractivity contribution in [2.75, 3.05) is 13.1 Å². The maximum Gasteiger partial charge on any atom is 0.408 e. The van der Waals surface area contributed by atoms with Crippen LogP contribution >= 0.6 is 0 Å². The summed E-state index contributed by atoms with van der Waals surface area (Å²) >= 11 is 0. The number of hydrogen-bond donors (Lipinski definition) is 3. The number of hydrogen-bond acceptors (Lipinski definition) is 5. The molecule has 3 aromatic rings. The second kappa shape index (κ2) is 11.8. The zero-order chi connectivity index (χ0) is 27.2. The summed E-state index contributed by atoms with van der Waals surface area (Å²) in [7, 11) is 0. The molecule has 0 saturated carbocycles. The minimum Gasteiger partial charge on any atom is -0.445 e. The molecule has 2 heterocycles. The lowest BCUT2D eigenvalue weighted by Gasteiger charge is -2.31. The van der Waals surface area contributed by atoms with Crippen molar-refractivity contribution in [3.05, 3.63) is 65.4 Å². The number of H-pyrrole nitrogens is 1. The number of fused-ring (bicyclic) bond motifs is 3. The lowest BCUT2D eigenvalue weighted by atomic mass is 9.95. The van der Waals surface area contributed by atoms with Crippen molar-refractivity contribution in [3.8, 4) is 0 Å². The van der Waals surface area contributed by atoms with E-state index in [1.54, 1.807) is 6.20 Å². The molecule has 200 valence electrons. The van der Waals surface area contributed by atoms with E-state index in [0.717, 1.165) is 34.1 Å². The first kappa shape index (κ1) is 28.2. The zero-order valence-electron chi connectivity index (χ0n) is 22.9. The second-order valence-corrected chi connectivity index (χ2v) is 12.0. The number of aromatic nitrogens is 2. The Balaban J connectivity index is 0.000000568. The van der Waals surface area contributed by atoms with Crippen LogP contribution in [0, 0.1) is 10.8 Å². The molecule has 0 radical (unpaired) electrons. The van der Waals surface area contributed by atoms with Gasteiger partial charge in [0.15, 0.2) is 0 Å². The highest BCUT2D eigenvalue weighted by Gasteiger charge is 2.33. The van der Waals surface area contributed by atoms with Gasteiger partial charge in [0.25, 0.3) is 0 Å². The zero-order valence-corrected chi connectivity index (χ0v) is 22.9. The molecule has 4 N–H and O–H groups in total. The molecule has 0 aliphatic carbocycles. The molecule has 1 aliphatic rings. The minimum atomic E-state index is -0.684. The van der Waals surface area contributed by atoms with Crippen LogP contribution in [0.1, 0.15) is 58.2 Å². The van der Waals surface area contributed by atoms with E-state index >= 15 is 0 Å². The number of nitrogens with zero attached hydrogens (tertiary/aromatic N) is 2. The van der Waals surface area contributed by atoms with Gasteiger partial charge in [0.1, 0.15) is 12.6 Å². The minimum absolute atomic E-state index is 0.0805. The molecule has 0 spiro atoms. The number of alkyl carbamates (subject to hydrolysis) is 1. The number of nitrogens with one attached hydrogen (secondary N) is 2. The molecule has 8 heteroatoms. The molecule has 37 heavy (non-hydrogen) atoms. The fourth-order valence-electron chi connectivity index (χ4n) is 4.02. The molecule has 2 aromatic carbocycles. The standard InChI is InChI=1S/C24H28N4O3.C5H13N/c1-24(2,3)15-28-13-19-17(9-10-20-18(19)12-25-27-20)11-21(22(28)29)26-23(30)31-14-16-7-5-4-6-8-16;1-5(2,3)4-6/h4-10,12,21H,11,13-15H2,1-3H3,(H,25,27)(H,26,30);4,6H2,1-3H3/t21-;/m1./s1. The quantitative estimate of drug-likeness (QED) is 0.470. The molecule has 8 nitrogen and oxygen atoms in total. The van der Waals surface area contributed by atoms with Crippen molar-refractivity contribution in [1.29, 1.82) is 0 Å². The predicted molar refractivity (Wildman–Crippen MR) is 147 cm³/mol. The molecular weight excluding hydrogens is 466 g/mol. The molecule has 0 saturated heterocycles. The van der Waals surface area contributed by atoms with Crippen LogP contribution in [0.25, 0.3) is 10.9 Å². The summed E-state index contributed by atoms with van der Waals surface area (Å²) in [5.41, 5.74) is 9.49. The summed E-state index contributed by atoms with van der Waals surface area (Å²) in [6.07, 6.45) is 1.62. The maximum absolute atomic E-state index is 13.4. The number of ether oxygens (including phenoxy) is 1. The van der Waals surface area contributed by atoms with Gasteiger partial charge >= 0.3 is 6.09 Å². The molecular formula is C29H41N5O3. The van der Waals surface area contributed by atoms with E-state index in [1.165, 1.54) is 0 Å². The van der Waals surface area contributed by atoms with Gasteiger partial charge in [-0.25, -0.2) is 4.79 Å². The Hall–Kier alpha value is -3.39. The number of rotatable bonds is 4. The molecule has 1 aromatic heterocycles. The van der Waals surface area contributed by atoms with E-state index in [-0.39, 0.29) is 17.9 Å². The predicted octanol–water partition coefficient (Wildman–Crippen LogP) is 4.78. The Bertz CT molecular complexity index is 1190. The Morgan fingerprint density at radius 2 is 1.78 bits per heavy atom. The van der Waals surface area contributed by atoms with E-state index < -0.39 is 12.1 Å². The average Bonchev–Trinajstić information content (AvgIpc) is 3.27. The van der Waals surface area contributed by atoms with Crippen LogP contribution < -0.4 is 11.1 Å². The largest absolute Gasteiger partial charge is 0.445 e. The highest BCUT2D eigenvalue weighted by atomic mass is 16.5. The van der Waals surface area contributed by atoms with E-state index in [2.05, 4.69) is 57.1 Å². The third-order valence-electron chi connectivity index (χ3n) is 6.00. The van der Waals surface area contributed by atoms with E-state index in [4.69, 9.17) is 10.5 Å². The topological polar surface area (TPSA) is 113 Å². The van der Waals surface area contributed by atoms with Crippen LogP contribution in [0.15, 0.2) is 48.7 Å². The van der Waals surface area contributed by atoms with Crippen LogP contribution in [0.5, 0.6) is 0 Å². The third-order valence-corrected chi connectivity index (χ3v) is 6.00. The van der Waals surface area contributed by atoms with Gasteiger partial charge in [-0.3, -0.25) is 9.89 Å². The number of benzene rings is 2. The van der Waals surface area contributed by atoms with Crippen molar-refractivity contribution in [1.82, 2.24) is 20.4 Å². The Labute approximate surface area is 219 Å². The maximum atomic E-state index is 13.4. The van der Waals surface area contributed by atoms with Gasteiger partial charge in [0.2, 0.25) is 5.91 Å². The van der Waals surface area contributed by atoms with Crippen LogP contribution in [-0.4, -0.2) is 46.2 Å². The average molecular weight is 508 g/mol. The highest BCUT2D eigenvalue weighted by molar-refractivity contribution is 5.89. The summed E-state index contributed by atoms with van der Waals surface area (Å²) < 4.78 is 5.37. The van der Waals surface area contributed by atoms with Gasteiger partial charge in [-0.1, -0.05) is 77.9 Å². The summed E-state index contributed by atoms with van der Waals surface area (Å²) in [5, 5.41) is 11.0. The molecule has 1 aliphatic heterocycles. The first-order chi connectivity index (χ1) is 17.4. The highest BCUT2D eigenvalue weighted by Crippen LogP contribution is 2.29.